The van der Waals surface area contributed by atoms with Crippen LogP contribution in [0.25, 0.3) is 0 Å². The molecule has 0 fully saturated rings. The van der Waals surface area contributed by atoms with Crippen LogP contribution in [0.2, 0.25) is 0 Å². The predicted octanol–water partition coefficient (Wildman–Crippen LogP) is 15.6. The van der Waals surface area contributed by atoms with Gasteiger partial charge < -0.3 is 25.2 Å². The quantitative estimate of drug-likeness (QED) is 0.109. The second kappa shape index (κ2) is 17.5. The maximum Gasteiger partial charge on any atom is 0.315 e. The lowest BCUT2D eigenvalue weighted by Gasteiger charge is -2.45. The number of carbonyl (C=O) groups is 1. The first-order valence-electron chi connectivity index (χ1n) is 24.5. The number of hydrogen-bond acceptors (Lipinski definition) is 6. The fourth-order valence-corrected chi connectivity index (χ4v) is 9.77. The van der Waals surface area contributed by atoms with Crippen LogP contribution in [-0.4, -0.2) is 33.0 Å². The minimum Gasteiger partial charge on any atom is -0.507 e. The van der Waals surface area contributed by atoms with E-state index >= 15 is 4.79 Å². The van der Waals surface area contributed by atoms with Crippen LogP contribution in [0, 0.1) is 0 Å². The summed E-state index contributed by atoms with van der Waals surface area (Å²) in [6.45, 7) is 52.1. The van der Waals surface area contributed by atoms with Gasteiger partial charge in [-0.3, -0.25) is 4.79 Å². The van der Waals surface area contributed by atoms with Crippen molar-refractivity contribution in [3.63, 3.8) is 0 Å². The zero-order chi connectivity index (χ0) is 52.0. The van der Waals surface area contributed by atoms with E-state index in [0.29, 0.717) is 16.7 Å². The van der Waals surface area contributed by atoms with Crippen LogP contribution in [-0.2, 0) is 58.3 Å². The van der Waals surface area contributed by atoms with Crippen molar-refractivity contribution in [3.8, 4) is 23.0 Å². The third-order valence-corrected chi connectivity index (χ3v) is 13.6. The van der Waals surface area contributed by atoms with Gasteiger partial charge in [-0.15, -0.1) is 0 Å². The molecule has 4 aromatic rings. The predicted molar refractivity (Wildman–Crippen MR) is 281 cm³/mol. The Morgan fingerprint density at radius 3 is 0.716 bits per heavy atom. The molecule has 0 spiro atoms. The highest BCUT2D eigenvalue weighted by Crippen LogP contribution is 2.58. The molecular formula is C61H90O6. The second-order valence-electron chi connectivity index (χ2n) is 27.7. The summed E-state index contributed by atoms with van der Waals surface area (Å²) >= 11 is 0. The Hall–Kier alpha value is -4.45. The van der Waals surface area contributed by atoms with Gasteiger partial charge in [-0.1, -0.05) is 215 Å². The summed E-state index contributed by atoms with van der Waals surface area (Å²) in [4.78, 5) is 16.2. The summed E-state index contributed by atoms with van der Waals surface area (Å²) in [5.74, 6) is -0.818. The fraction of sp³-hybridized carbons (Fsp3) is 0.590. The summed E-state index contributed by atoms with van der Waals surface area (Å²) in [6, 6.07) is 16.5. The summed E-state index contributed by atoms with van der Waals surface area (Å²) in [7, 11) is 0. The van der Waals surface area contributed by atoms with Crippen molar-refractivity contribution in [1.29, 1.82) is 0 Å². The molecule has 0 bridgehead atoms. The molecule has 0 aliphatic carbocycles. The first-order chi connectivity index (χ1) is 29.8. The van der Waals surface area contributed by atoms with E-state index in [-0.39, 0.29) is 29.6 Å². The molecule has 6 nitrogen and oxygen atoms in total. The first-order valence-corrected chi connectivity index (χ1v) is 24.5. The molecule has 1 atom stereocenters. The average molecular weight is 919 g/mol. The Bertz CT molecular complexity index is 2160. The average Bonchev–Trinajstić information content (AvgIpc) is 3.11. The molecule has 0 aromatic heterocycles. The molecule has 0 amide bonds. The van der Waals surface area contributed by atoms with Crippen molar-refractivity contribution in [2.75, 3.05) is 6.61 Å². The smallest absolute Gasteiger partial charge is 0.315 e. The van der Waals surface area contributed by atoms with Crippen molar-refractivity contribution in [2.45, 2.75) is 228 Å². The second-order valence-corrected chi connectivity index (χ2v) is 27.7. The van der Waals surface area contributed by atoms with Crippen LogP contribution < -0.4 is 0 Å². The number of aromatic hydroxyl groups is 4. The van der Waals surface area contributed by atoms with E-state index in [2.05, 4.69) is 203 Å². The van der Waals surface area contributed by atoms with Crippen LogP contribution in [0.5, 0.6) is 23.0 Å². The summed E-state index contributed by atoms with van der Waals surface area (Å²) in [6.07, 6.45) is 0. The molecule has 0 saturated heterocycles. The lowest BCUT2D eigenvalue weighted by molar-refractivity contribution is -0.146. The van der Waals surface area contributed by atoms with Crippen LogP contribution in [0.15, 0.2) is 48.5 Å². The van der Waals surface area contributed by atoms with Crippen molar-refractivity contribution in [1.82, 2.24) is 0 Å². The van der Waals surface area contributed by atoms with Gasteiger partial charge in [0.1, 0.15) is 23.0 Å². The molecular weight excluding hydrogens is 829 g/mol. The maximum atomic E-state index is 16.2. The van der Waals surface area contributed by atoms with Crippen molar-refractivity contribution >= 4 is 5.97 Å². The van der Waals surface area contributed by atoms with E-state index in [0.717, 1.165) is 50.1 Å². The summed E-state index contributed by atoms with van der Waals surface area (Å²) < 4.78 is 6.42. The number of phenolic OH excluding ortho intramolecular Hbond substituents is 4. The number of phenols is 4. The lowest BCUT2D eigenvalue weighted by Crippen LogP contribution is -2.43. The molecule has 4 N–H and O–H groups in total. The van der Waals surface area contributed by atoms with Crippen LogP contribution in [0.3, 0.4) is 0 Å². The standard InChI is InChI=1S/C61H90O6/c1-26-67-52(66)47(35-27-39(53(2,3)4)48(62)40(28-35)54(5,6)7)61(36-29-41(55(8,9)10)49(63)42(30-36)56(11,12)13,37-31-43(57(14,15)16)50(64)44(32-37)58(17,18)19)38-33-45(59(20,21)22)51(65)46(34-38)60(23,24)25/h27-34,47,62-65H,26H2,1-25H3. The molecule has 4 aromatic carbocycles. The molecule has 4 rings (SSSR count). The van der Waals surface area contributed by atoms with Gasteiger partial charge in [-0.05, 0) is 117 Å². The van der Waals surface area contributed by atoms with E-state index < -0.39 is 60.6 Å². The highest BCUT2D eigenvalue weighted by Gasteiger charge is 2.53. The monoisotopic (exact) mass is 919 g/mol. The van der Waals surface area contributed by atoms with Gasteiger partial charge in [0.2, 0.25) is 0 Å². The van der Waals surface area contributed by atoms with Gasteiger partial charge in [0, 0.05) is 0 Å². The summed E-state index contributed by atoms with van der Waals surface area (Å²) in [5, 5.41) is 49.8. The van der Waals surface area contributed by atoms with E-state index in [9.17, 15) is 20.4 Å². The molecule has 67 heavy (non-hydrogen) atoms. The zero-order valence-electron chi connectivity index (χ0n) is 46.5. The van der Waals surface area contributed by atoms with Gasteiger partial charge in [0.05, 0.1) is 17.9 Å². The SMILES string of the molecule is CCOC(=O)C(c1cc(C(C)(C)C)c(O)c(C(C)(C)C)c1)C(c1cc(C(C)(C)C)c(O)c(C(C)(C)C)c1)(c1cc(C(C)(C)C)c(O)c(C(C)(C)C)c1)c1cc(C(C)(C)C)c(O)c(C(C)(C)C)c1. The van der Waals surface area contributed by atoms with Crippen molar-refractivity contribution < 1.29 is 30.0 Å². The number of benzene rings is 4. The molecule has 0 aliphatic rings. The third-order valence-electron chi connectivity index (χ3n) is 13.6. The molecule has 0 heterocycles. The van der Waals surface area contributed by atoms with E-state index in [1.807, 2.05) is 19.1 Å². The normalized spacial score (nSPS) is 14.3. The highest BCUT2D eigenvalue weighted by molar-refractivity contribution is 5.85. The molecule has 0 aliphatic heterocycles. The minimum absolute atomic E-state index is 0.101. The highest BCUT2D eigenvalue weighted by atomic mass is 16.5. The fourth-order valence-electron chi connectivity index (χ4n) is 9.77. The third kappa shape index (κ3) is 10.7. The zero-order valence-corrected chi connectivity index (χ0v) is 46.5. The largest absolute Gasteiger partial charge is 0.507 e. The number of esters is 1. The van der Waals surface area contributed by atoms with E-state index in [1.165, 1.54) is 0 Å². The Morgan fingerprint density at radius 2 is 0.552 bits per heavy atom. The Kier molecular flexibility index (Phi) is 14.4. The van der Waals surface area contributed by atoms with Crippen molar-refractivity contribution in [3.05, 3.63) is 115 Å². The maximum absolute atomic E-state index is 16.2. The van der Waals surface area contributed by atoms with Crippen LogP contribution in [0.1, 0.15) is 246 Å². The molecule has 1 unspecified atom stereocenters. The number of hydrogen-bond donors (Lipinski definition) is 4. The van der Waals surface area contributed by atoms with Gasteiger partial charge >= 0.3 is 5.97 Å². The number of carbonyl (C=O) groups excluding carboxylic acids is 1. The minimum atomic E-state index is -1.51. The van der Waals surface area contributed by atoms with Crippen LogP contribution in [0.4, 0.5) is 0 Å². The van der Waals surface area contributed by atoms with E-state index in [1.54, 1.807) is 0 Å². The van der Waals surface area contributed by atoms with Gasteiger partial charge in [-0.25, -0.2) is 0 Å². The Morgan fingerprint density at radius 1 is 0.373 bits per heavy atom. The molecule has 370 valence electrons. The number of rotatable bonds is 7. The van der Waals surface area contributed by atoms with Gasteiger partial charge in [-0.2, -0.15) is 0 Å². The molecule has 0 radical (unpaired) electrons. The molecule has 0 saturated carbocycles. The Labute approximate surface area is 407 Å². The molecule has 6 heteroatoms. The van der Waals surface area contributed by atoms with Crippen LogP contribution >= 0.6 is 0 Å². The van der Waals surface area contributed by atoms with Gasteiger partial charge in [0.25, 0.3) is 0 Å². The Balaban J connectivity index is 2.79. The van der Waals surface area contributed by atoms with Gasteiger partial charge in [0.15, 0.2) is 0 Å². The number of ether oxygens (including phenoxy) is 1. The topological polar surface area (TPSA) is 107 Å². The first kappa shape index (κ1) is 55.1. The van der Waals surface area contributed by atoms with Crippen molar-refractivity contribution in [2.24, 2.45) is 0 Å². The summed E-state index contributed by atoms with van der Waals surface area (Å²) in [5.41, 5.74) is 2.61. The van der Waals surface area contributed by atoms with E-state index in [4.69, 9.17) is 4.74 Å². The lowest BCUT2D eigenvalue weighted by atomic mass is 9.56.